The molecule has 0 bridgehead atoms. The summed E-state index contributed by atoms with van der Waals surface area (Å²) in [6.07, 6.45) is 2.43. The Morgan fingerprint density at radius 1 is 1.18 bits per heavy atom. The Bertz CT molecular complexity index is 912. The van der Waals surface area contributed by atoms with Crippen molar-refractivity contribution >= 4 is 34.8 Å². The number of nitrogens with zero attached hydrogens (tertiary/aromatic N) is 1. The first-order chi connectivity index (χ1) is 13.5. The van der Waals surface area contributed by atoms with Crippen molar-refractivity contribution < 1.29 is 14.0 Å². The zero-order valence-electron chi connectivity index (χ0n) is 15.3. The van der Waals surface area contributed by atoms with Gasteiger partial charge in [0.15, 0.2) is 0 Å². The molecule has 0 aromatic heterocycles. The van der Waals surface area contributed by atoms with Gasteiger partial charge in [0.05, 0.1) is 22.7 Å². The van der Waals surface area contributed by atoms with Crippen LogP contribution in [0.4, 0.5) is 15.8 Å². The van der Waals surface area contributed by atoms with Gasteiger partial charge in [0, 0.05) is 18.8 Å². The lowest BCUT2D eigenvalue weighted by atomic mass is 9.64. The van der Waals surface area contributed by atoms with Gasteiger partial charge in [-0.25, -0.2) is 4.39 Å². The number of benzene rings is 2. The lowest BCUT2D eigenvalue weighted by Crippen LogP contribution is -2.47. The number of nitrogens with one attached hydrogen (secondary N) is 2. The van der Waals surface area contributed by atoms with Crippen LogP contribution in [0.5, 0.6) is 0 Å². The molecule has 1 aliphatic heterocycles. The van der Waals surface area contributed by atoms with Crippen LogP contribution in [0.15, 0.2) is 42.5 Å². The van der Waals surface area contributed by atoms with Gasteiger partial charge in [-0.1, -0.05) is 30.2 Å². The molecule has 0 radical (unpaired) electrons. The maximum Gasteiger partial charge on any atom is 0.239 e. The van der Waals surface area contributed by atoms with Crippen LogP contribution in [0.3, 0.4) is 0 Å². The van der Waals surface area contributed by atoms with Crippen molar-refractivity contribution in [2.45, 2.75) is 24.7 Å². The third-order valence-electron chi connectivity index (χ3n) is 5.62. The van der Waals surface area contributed by atoms with E-state index in [1.165, 1.54) is 12.1 Å². The molecule has 1 saturated carbocycles. The van der Waals surface area contributed by atoms with Crippen molar-refractivity contribution in [2.24, 2.45) is 0 Å². The fourth-order valence-electron chi connectivity index (χ4n) is 3.88. The van der Waals surface area contributed by atoms with E-state index in [2.05, 4.69) is 10.6 Å². The Labute approximate surface area is 167 Å². The molecular formula is C21H21ClFN3O2. The molecule has 2 amide bonds. The van der Waals surface area contributed by atoms with Gasteiger partial charge < -0.3 is 15.5 Å². The van der Waals surface area contributed by atoms with Gasteiger partial charge in [-0.15, -0.1) is 0 Å². The van der Waals surface area contributed by atoms with Crippen LogP contribution >= 0.6 is 11.6 Å². The van der Waals surface area contributed by atoms with E-state index >= 15 is 0 Å². The van der Waals surface area contributed by atoms with Crippen molar-refractivity contribution in [3.05, 3.63) is 58.9 Å². The molecule has 7 heteroatoms. The lowest BCUT2D eigenvalue weighted by Gasteiger charge is -2.40. The van der Waals surface area contributed by atoms with E-state index < -0.39 is 5.41 Å². The first-order valence-electron chi connectivity index (χ1n) is 9.37. The Balaban J connectivity index is 1.52. The molecule has 0 atom stereocenters. The van der Waals surface area contributed by atoms with E-state index in [9.17, 15) is 14.0 Å². The standard InChI is InChI=1S/C21H21ClFN3O2/c22-17-12-16(6-7-18(17)26-11-10-24-19(27)13-26)25-20(28)21(8-1-9-21)14-2-4-15(23)5-3-14/h2-7,12H,1,8-11,13H2,(H,24,27)(H,25,28). The molecule has 1 aliphatic carbocycles. The van der Waals surface area contributed by atoms with Crippen LogP contribution < -0.4 is 15.5 Å². The zero-order chi connectivity index (χ0) is 19.7. The van der Waals surface area contributed by atoms with Crippen molar-refractivity contribution in [3.8, 4) is 0 Å². The maximum absolute atomic E-state index is 13.3. The molecule has 146 valence electrons. The summed E-state index contributed by atoms with van der Waals surface area (Å²) in [7, 11) is 0. The third-order valence-corrected chi connectivity index (χ3v) is 5.93. The monoisotopic (exact) mass is 401 g/mol. The molecule has 28 heavy (non-hydrogen) atoms. The summed E-state index contributed by atoms with van der Waals surface area (Å²) in [6.45, 7) is 1.53. The van der Waals surface area contributed by atoms with E-state index in [0.29, 0.717) is 23.8 Å². The third kappa shape index (κ3) is 3.44. The molecule has 4 rings (SSSR count). The van der Waals surface area contributed by atoms with Crippen LogP contribution in [0.25, 0.3) is 0 Å². The minimum absolute atomic E-state index is 0.0362. The van der Waals surface area contributed by atoms with Crippen LogP contribution in [0, 0.1) is 5.82 Å². The first-order valence-corrected chi connectivity index (χ1v) is 9.74. The number of anilines is 2. The molecule has 0 unspecified atom stereocenters. The molecule has 2 N–H and O–H groups in total. The lowest BCUT2D eigenvalue weighted by molar-refractivity contribution is -0.124. The summed E-state index contributed by atoms with van der Waals surface area (Å²) < 4.78 is 13.3. The number of carbonyl (C=O) groups excluding carboxylic acids is 2. The second kappa shape index (κ2) is 7.43. The van der Waals surface area contributed by atoms with Gasteiger partial charge in [0.2, 0.25) is 11.8 Å². The van der Waals surface area contributed by atoms with Crippen molar-refractivity contribution in [1.82, 2.24) is 5.32 Å². The SMILES string of the molecule is O=C1CN(c2ccc(NC(=O)C3(c4ccc(F)cc4)CCC3)cc2Cl)CCN1. The number of hydrogen-bond acceptors (Lipinski definition) is 3. The Hall–Kier alpha value is -2.60. The highest BCUT2D eigenvalue weighted by Gasteiger charge is 2.45. The summed E-state index contributed by atoms with van der Waals surface area (Å²) in [6, 6.07) is 11.5. The quantitative estimate of drug-likeness (QED) is 0.824. The van der Waals surface area contributed by atoms with E-state index in [-0.39, 0.29) is 24.2 Å². The molecule has 1 heterocycles. The van der Waals surface area contributed by atoms with Crippen LogP contribution in [0.2, 0.25) is 5.02 Å². The maximum atomic E-state index is 13.3. The molecule has 1 saturated heterocycles. The average molecular weight is 402 g/mol. The number of piperazine rings is 1. The van der Waals surface area contributed by atoms with Crippen LogP contribution in [-0.4, -0.2) is 31.4 Å². The number of hydrogen-bond donors (Lipinski definition) is 2. The highest BCUT2D eigenvalue weighted by atomic mass is 35.5. The summed E-state index contributed by atoms with van der Waals surface area (Å²) >= 11 is 6.42. The number of halogens is 2. The number of rotatable bonds is 4. The Morgan fingerprint density at radius 2 is 1.93 bits per heavy atom. The Morgan fingerprint density at radius 3 is 2.54 bits per heavy atom. The summed E-state index contributed by atoms with van der Waals surface area (Å²) in [5, 5.41) is 6.23. The molecule has 5 nitrogen and oxygen atoms in total. The summed E-state index contributed by atoms with van der Waals surface area (Å²) in [5.74, 6) is -0.454. The van der Waals surface area contributed by atoms with Gasteiger partial charge in [0.1, 0.15) is 5.82 Å². The highest BCUT2D eigenvalue weighted by Crippen LogP contribution is 2.45. The molecule has 2 aromatic carbocycles. The minimum atomic E-state index is -0.621. The minimum Gasteiger partial charge on any atom is -0.359 e. The molecular weight excluding hydrogens is 381 g/mol. The summed E-state index contributed by atoms with van der Waals surface area (Å²) in [5.41, 5.74) is 1.59. The second-order valence-electron chi connectivity index (χ2n) is 7.33. The van der Waals surface area contributed by atoms with Gasteiger partial charge in [-0.05, 0) is 48.7 Å². The largest absolute Gasteiger partial charge is 0.359 e. The molecule has 2 aliphatic rings. The van der Waals surface area contributed by atoms with E-state index in [0.717, 1.165) is 30.5 Å². The van der Waals surface area contributed by atoms with Crippen molar-refractivity contribution in [1.29, 1.82) is 0 Å². The van der Waals surface area contributed by atoms with Gasteiger partial charge in [-0.3, -0.25) is 9.59 Å². The van der Waals surface area contributed by atoms with E-state index in [1.807, 2.05) is 11.0 Å². The van der Waals surface area contributed by atoms with Gasteiger partial charge >= 0.3 is 0 Å². The number of carbonyl (C=O) groups is 2. The fourth-order valence-corrected chi connectivity index (χ4v) is 4.18. The van der Waals surface area contributed by atoms with Gasteiger partial charge in [-0.2, -0.15) is 0 Å². The topological polar surface area (TPSA) is 61.4 Å². The molecule has 0 spiro atoms. The van der Waals surface area contributed by atoms with Crippen molar-refractivity contribution in [3.63, 3.8) is 0 Å². The van der Waals surface area contributed by atoms with Crippen molar-refractivity contribution in [2.75, 3.05) is 29.9 Å². The smallest absolute Gasteiger partial charge is 0.239 e. The fraction of sp³-hybridized carbons (Fsp3) is 0.333. The highest BCUT2D eigenvalue weighted by molar-refractivity contribution is 6.33. The Kier molecular flexibility index (Phi) is 4.98. The van der Waals surface area contributed by atoms with Gasteiger partial charge in [0.25, 0.3) is 0 Å². The van der Waals surface area contributed by atoms with Crippen LogP contribution in [-0.2, 0) is 15.0 Å². The molecule has 2 fully saturated rings. The number of amides is 2. The summed E-state index contributed by atoms with van der Waals surface area (Å²) in [4.78, 5) is 26.5. The van der Waals surface area contributed by atoms with E-state index in [1.54, 1.807) is 24.3 Å². The zero-order valence-corrected chi connectivity index (χ0v) is 16.1. The normalized spacial score (nSPS) is 18.2. The first kappa shape index (κ1) is 18.7. The molecule has 2 aromatic rings. The van der Waals surface area contributed by atoms with Crippen LogP contribution in [0.1, 0.15) is 24.8 Å². The second-order valence-corrected chi connectivity index (χ2v) is 7.74. The van der Waals surface area contributed by atoms with E-state index in [4.69, 9.17) is 11.6 Å². The predicted octanol–water partition coefficient (Wildman–Crippen LogP) is 3.48. The average Bonchev–Trinajstić information content (AvgIpc) is 2.62. The predicted molar refractivity (Wildman–Crippen MR) is 107 cm³/mol.